The number of ether oxygens (including phenoxy) is 1. The van der Waals surface area contributed by atoms with Crippen molar-refractivity contribution in [1.29, 1.82) is 0 Å². The molecule has 0 spiro atoms. The summed E-state index contributed by atoms with van der Waals surface area (Å²) in [6.07, 6.45) is 1.10. The van der Waals surface area contributed by atoms with Gasteiger partial charge in [-0.2, -0.15) is 0 Å². The molecule has 0 saturated heterocycles. The first-order valence-corrected chi connectivity index (χ1v) is 5.91. The van der Waals surface area contributed by atoms with Crippen LogP contribution in [0.1, 0.15) is 48.0 Å². The van der Waals surface area contributed by atoms with Crippen molar-refractivity contribution in [3.63, 3.8) is 0 Å². The maximum absolute atomic E-state index is 5.12. The van der Waals surface area contributed by atoms with Gasteiger partial charge in [0.15, 0.2) is 0 Å². The summed E-state index contributed by atoms with van der Waals surface area (Å²) >= 11 is 0. The van der Waals surface area contributed by atoms with Crippen molar-refractivity contribution in [2.75, 3.05) is 20.3 Å². The predicted octanol–water partition coefficient (Wildman–Crippen LogP) is 3.07. The van der Waals surface area contributed by atoms with E-state index in [9.17, 15) is 0 Å². The summed E-state index contributed by atoms with van der Waals surface area (Å²) in [6, 6.07) is 0.541. The number of hydrogen-bond donors (Lipinski definition) is 1. The monoisotopic (exact) mass is 215 g/mol. The van der Waals surface area contributed by atoms with E-state index >= 15 is 0 Å². The third-order valence-electron chi connectivity index (χ3n) is 3.17. The van der Waals surface area contributed by atoms with Crippen LogP contribution >= 0.6 is 0 Å². The molecule has 0 fully saturated rings. The zero-order valence-corrected chi connectivity index (χ0v) is 11.6. The second-order valence-electron chi connectivity index (χ2n) is 6.38. The van der Waals surface area contributed by atoms with Crippen LogP contribution in [0.5, 0.6) is 0 Å². The second-order valence-corrected chi connectivity index (χ2v) is 6.38. The van der Waals surface area contributed by atoms with E-state index < -0.39 is 0 Å². The number of rotatable bonds is 6. The van der Waals surface area contributed by atoms with Gasteiger partial charge in [0.25, 0.3) is 0 Å². The average Bonchev–Trinajstić information content (AvgIpc) is 2.09. The first-order chi connectivity index (χ1) is 6.69. The molecule has 0 aliphatic heterocycles. The summed E-state index contributed by atoms with van der Waals surface area (Å²) in [5.41, 5.74) is 0.646. The highest BCUT2D eigenvalue weighted by atomic mass is 16.5. The maximum atomic E-state index is 5.12. The van der Waals surface area contributed by atoms with Crippen LogP contribution in [0, 0.1) is 10.8 Å². The lowest BCUT2D eigenvalue weighted by molar-refractivity contribution is 0.144. The third-order valence-corrected chi connectivity index (χ3v) is 3.17. The number of hydrogen-bond acceptors (Lipinski definition) is 2. The Kier molecular flexibility index (Phi) is 5.82. The van der Waals surface area contributed by atoms with E-state index in [-0.39, 0.29) is 0 Å². The summed E-state index contributed by atoms with van der Waals surface area (Å²) in [6.45, 7) is 15.5. The lowest BCUT2D eigenvalue weighted by Crippen LogP contribution is -2.42. The Labute approximate surface area is 95.8 Å². The normalized spacial score (nSPS) is 15.4. The molecule has 2 heteroatoms. The van der Waals surface area contributed by atoms with Gasteiger partial charge in [-0.3, -0.25) is 0 Å². The molecule has 2 nitrogen and oxygen atoms in total. The van der Waals surface area contributed by atoms with Crippen molar-refractivity contribution in [3.05, 3.63) is 0 Å². The van der Waals surface area contributed by atoms with Crippen molar-refractivity contribution >= 4 is 0 Å². The van der Waals surface area contributed by atoms with Crippen LogP contribution in [0.4, 0.5) is 0 Å². The molecule has 15 heavy (non-hydrogen) atoms. The van der Waals surface area contributed by atoms with Crippen molar-refractivity contribution in [2.24, 2.45) is 10.8 Å². The SMILES string of the molecule is COCCC(C)(C)CNC(C)C(C)(C)C. The quantitative estimate of drug-likeness (QED) is 0.735. The predicted molar refractivity (Wildman–Crippen MR) is 67.2 cm³/mol. The number of nitrogens with one attached hydrogen (secondary N) is 1. The Morgan fingerprint density at radius 3 is 2.07 bits per heavy atom. The summed E-state index contributed by atoms with van der Waals surface area (Å²) in [4.78, 5) is 0. The third kappa shape index (κ3) is 6.91. The highest BCUT2D eigenvalue weighted by Gasteiger charge is 2.23. The van der Waals surface area contributed by atoms with Crippen LogP contribution in [0.2, 0.25) is 0 Å². The molecule has 1 N–H and O–H groups in total. The van der Waals surface area contributed by atoms with Gasteiger partial charge in [-0.25, -0.2) is 0 Å². The van der Waals surface area contributed by atoms with Crippen LogP contribution in [0.3, 0.4) is 0 Å². The van der Waals surface area contributed by atoms with Gasteiger partial charge in [-0.15, -0.1) is 0 Å². The van der Waals surface area contributed by atoms with Crippen LogP contribution in [-0.4, -0.2) is 26.3 Å². The highest BCUT2D eigenvalue weighted by molar-refractivity contribution is 4.80. The van der Waals surface area contributed by atoms with E-state index in [1.165, 1.54) is 0 Å². The Hall–Kier alpha value is -0.0800. The summed E-state index contributed by atoms with van der Waals surface area (Å²) in [5, 5.41) is 3.62. The topological polar surface area (TPSA) is 21.3 Å². The van der Waals surface area contributed by atoms with E-state index in [4.69, 9.17) is 4.74 Å². The van der Waals surface area contributed by atoms with E-state index in [1.54, 1.807) is 7.11 Å². The summed E-state index contributed by atoms with van der Waals surface area (Å²) in [5.74, 6) is 0. The first-order valence-electron chi connectivity index (χ1n) is 5.91. The molecule has 0 aliphatic rings. The molecule has 1 atom stereocenters. The largest absolute Gasteiger partial charge is 0.385 e. The molecule has 0 heterocycles. The average molecular weight is 215 g/mol. The molecule has 0 rings (SSSR count). The van der Waals surface area contributed by atoms with Gasteiger partial charge in [-0.05, 0) is 24.2 Å². The summed E-state index contributed by atoms with van der Waals surface area (Å²) < 4.78 is 5.12. The van der Waals surface area contributed by atoms with Gasteiger partial charge in [0.05, 0.1) is 0 Å². The van der Waals surface area contributed by atoms with E-state index in [0.29, 0.717) is 16.9 Å². The minimum atomic E-state index is 0.315. The molecular weight excluding hydrogens is 186 g/mol. The van der Waals surface area contributed by atoms with Gasteiger partial charge in [-0.1, -0.05) is 34.6 Å². The molecule has 0 radical (unpaired) electrons. The zero-order chi connectivity index (χ0) is 12.1. The Balaban J connectivity index is 3.92. The standard InChI is InChI=1S/C13H29NO/c1-11(12(2,3)4)14-10-13(5,6)8-9-15-7/h11,14H,8-10H2,1-7H3. The van der Waals surface area contributed by atoms with Gasteiger partial charge < -0.3 is 10.1 Å². The smallest absolute Gasteiger partial charge is 0.0467 e. The minimum absolute atomic E-state index is 0.315. The fraction of sp³-hybridized carbons (Fsp3) is 1.00. The van der Waals surface area contributed by atoms with Crippen molar-refractivity contribution in [1.82, 2.24) is 5.32 Å². The van der Waals surface area contributed by atoms with Gasteiger partial charge in [0, 0.05) is 26.3 Å². The van der Waals surface area contributed by atoms with Gasteiger partial charge >= 0.3 is 0 Å². The molecule has 0 saturated carbocycles. The van der Waals surface area contributed by atoms with Crippen LogP contribution in [0.15, 0.2) is 0 Å². The fourth-order valence-corrected chi connectivity index (χ4v) is 1.20. The zero-order valence-electron chi connectivity index (χ0n) is 11.6. The highest BCUT2D eigenvalue weighted by Crippen LogP contribution is 2.22. The van der Waals surface area contributed by atoms with E-state index in [1.807, 2.05) is 0 Å². The van der Waals surface area contributed by atoms with Crippen LogP contribution in [-0.2, 0) is 4.74 Å². The minimum Gasteiger partial charge on any atom is -0.385 e. The molecule has 0 bridgehead atoms. The molecule has 0 aromatic carbocycles. The lowest BCUT2D eigenvalue weighted by atomic mass is 9.85. The molecule has 0 aromatic rings. The lowest BCUT2D eigenvalue weighted by Gasteiger charge is -2.33. The van der Waals surface area contributed by atoms with Crippen LogP contribution < -0.4 is 5.32 Å². The maximum Gasteiger partial charge on any atom is 0.0467 e. The molecule has 1 unspecified atom stereocenters. The van der Waals surface area contributed by atoms with Crippen molar-refractivity contribution in [2.45, 2.75) is 54.0 Å². The van der Waals surface area contributed by atoms with Gasteiger partial charge in [0.1, 0.15) is 0 Å². The van der Waals surface area contributed by atoms with Crippen LogP contribution in [0.25, 0.3) is 0 Å². The Morgan fingerprint density at radius 2 is 1.67 bits per heavy atom. The Morgan fingerprint density at radius 1 is 1.13 bits per heavy atom. The molecular formula is C13H29NO. The summed E-state index contributed by atoms with van der Waals surface area (Å²) in [7, 11) is 1.77. The first kappa shape index (κ1) is 14.9. The molecule has 0 amide bonds. The Bertz CT molecular complexity index is 170. The van der Waals surface area contributed by atoms with E-state index in [2.05, 4.69) is 46.9 Å². The number of methoxy groups -OCH3 is 1. The van der Waals surface area contributed by atoms with Gasteiger partial charge in [0.2, 0.25) is 0 Å². The molecule has 92 valence electrons. The fourth-order valence-electron chi connectivity index (χ4n) is 1.20. The van der Waals surface area contributed by atoms with Crippen molar-refractivity contribution in [3.8, 4) is 0 Å². The molecule has 0 aromatic heterocycles. The van der Waals surface area contributed by atoms with E-state index in [0.717, 1.165) is 19.6 Å². The second kappa shape index (κ2) is 5.86. The molecule has 0 aliphatic carbocycles. The van der Waals surface area contributed by atoms with Crippen molar-refractivity contribution < 1.29 is 4.74 Å².